The van der Waals surface area contributed by atoms with Crippen molar-refractivity contribution in [1.82, 2.24) is 9.80 Å². The van der Waals surface area contributed by atoms with E-state index in [1.54, 1.807) is 0 Å². The van der Waals surface area contributed by atoms with Crippen molar-refractivity contribution in [3.05, 3.63) is 101 Å². The largest absolute Gasteiger partial charge is 0.508 e. The Kier molecular flexibility index (Phi) is 9.22. The van der Waals surface area contributed by atoms with Gasteiger partial charge < -0.3 is 14.9 Å². The highest BCUT2D eigenvalue weighted by molar-refractivity contribution is 5.93. The summed E-state index contributed by atoms with van der Waals surface area (Å²) in [6.07, 6.45) is 3.63. The Hall–Kier alpha value is -2.95. The quantitative estimate of drug-likeness (QED) is 0.356. The molecule has 1 fully saturated rings. The summed E-state index contributed by atoms with van der Waals surface area (Å²) in [5, 5.41) is 9.73. The summed E-state index contributed by atoms with van der Waals surface area (Å²) in [6.45, 7) is 10.1. The lowest BCUT2D eigenvalue weighted by molar-refractivity contribution is -0.123. The molecule has 0 amide bonds. The summed E-state index contributed by atoms with van der Waals surface area (Å²) in [6, 6.07) is 27.3. The number of fused-ring (bicyclic) bond motifs is 4. The van der Waals surface area contributed by atoms with E-state index in [1.165, 1.54) is 24.1 Å². The monoisotopic (exact) mass is 540 g/mol. The molecule has 4 unspecified atom stereocenters. The molecular weight excluding hydrogens is 492 g/mol. The average molecular weight is 541 g/mol. The fourth-order valence-corrected chi connectivity index (χ4v) is 7.03. The summed E-state index contributed by atoms with van der Waals surface area (Å²) in [4.78, 5) is 17.9. The van der Waals surface area contributed by atoms with Crippen molar-refractivity contribution >= 4 is 5.78 Å². The standard InChI is InChI=1S/C21H27NO.C15H21NO/c1-5-20(23)21(16-17(2)22(3)4,18-12-8-6-9-13-18)19-14-10-7-11-15-19;1-10-14-8-11-4-5-12(17)9-13(11)15(10,2)6-7-16(14)3/h6-15,17H,5,16H2,1-4H3;4-5,9-10,14,17H,6-8H2,1-3H3. The molecule has 2 bridgehead atoms. The topological polar surface area (TPSA) is 43.8 Å². The van der Waals surface area contributed by atoms with Gasteiger partial charge in [0, 0.05) is 18.5 Å². The molecule has 3 aromatic rings. The second-order valence-electron chi connectivity index (χ2n) is 12.5. The van der Waals surface area contributed by atoms with Crippen LogP contribution in [-0.4, -0.2) is 60.5 Å². The Labute approximate surface area is 242 Å². The number of hydrogen-bond acceptors (Lipinski definition) is 4. The van der Waals surface area contributed by atoms with Gasteiger partial charge in [0.15, 0.2) is 0 Å². The Morgan fingerprint density at radius 1 is 1.05 bits per heavy atom. The smallest absolute Gasteiger partial charge is 0.147 e. The van der Waals surface area contributed by atoms with Gasteiger partial charge in [-0.05, 0) is 99.6 Å². The highest BCUT2D eigenvalue weighted by Gasteiger charge is 2.47. The van der Waals surface area contributed by atoms with Gasteiger partial charge in [-0.15, -0.1) is 0 Å². The number of phenols is 1. The van der Waals surface area contributed by atoms with Crippen LogP contribution in [-0.2, 0) is 22.0 Å². The van der Waals surface area contributed by atoms with Gasteiger partial charge in [-0.1, -0.05) is 87.5 Å². The number of nitrogens with zero attached hydrogens (tertiary/aromatic N) is 2. The van der Waals surface area contributed by atoms with E-state index in [4.69, 9.17) is 0 Å². The van der Waals surface area contributed by atoms with Crippen molar-refractivity contribution in [3.63, 3.8) is 0 Å². The van der Waals surface area contributed by atoms with Gasteiger partial charge in [-0.2, -0.15) is 0 Å². The molecule has 0 saturated carbocycles. The molecular formula is C36H48N2O2. The van der Waals surface area contributed by atoms with Crippen molar-refractivity contribution in [2.75, 3.05) is 27.7 Å². The van der Waals surface area contributed by atoms with Crippen molar-refractivity contribution in [2.45, 2.75) is 76.3 Å². The van der Waals surface area contributed by atoms with Crippen LogP contribution < -0.4 is 0 Å². The molecule has 1 N–H and O–H groups in total. The molecule has 1 aliphatic carbocycles. The minimum Gasteiger partial charge on any atom is -0.508 e. The number of ketones is 1. The first kappa shape index (κ1) is 30.0. The molecule has 0 spiro atoms. The van der Waals surface area contributed by atoms with Crippen LogP contribution in [0.15, 0.2) is 78.9 Å². The zero-order valence-electron chi connectivity index (χ0n) is 25.5. The van der Waals surface area contributed by atoms with Gasteiger partial charge in [0.05, 0.1) is 5.41 Å². The summed E-state index contributed by atoms with van der Waals surface area (Å²) in [7, 11) is 6.38. The van der Waals surface area contributed by atoms with E-state index in [1.807, 2.05) is 55.5 Å². The molecule has 1 saturated heterocycles. The predicted molar refractivity (Wildman–Crippen MR) is 166 cm³/mol. The summed E-state index contributed by atoms with van der Waals surface area (Å²) >= 11 is 0. The Balaban J connectivity index is 0.000000192. The van der Waals surface area contributed by atoms with E-state index in [2.05, 4.69) is 82.0 Å². The number of carbonyl (C=O) groups excluding carboxylic acids is 1. The molecule has 2 aliphatic rings. The molecule has 40 heavy (non-hydrogen) atoms. The molecule has 5 rings (SSSR count). The van der Waals surface area contributed by atoms with Crippen molar-refractivity contribution in [1.29, 1.82) is 0 Å². The SMILES string of the molecule is CC1C2Cc3ccc(O)cc3C1(C)CCN2C.CCC(=O)C(CC(C)N(C)C)(c1ccccc1)c1ccccc1. The number of aromatic hydroxyl groups is 1. The van der Waals surface area contributed by atoms with Crippen molar-refractivity contribution in [2.24, 2.45) is 5.92 Å². The number of likely N-dealkylation sites (tertiary alicyclic amines) is 1. The maximum Gasteiger partial charge on any atom is 0.147 e. The number of benzene rings is 3. The van der Waals surface area contributed by atoms with Gasteiger partial charge >= 0.3 is 0 Å². The minimum absolute atomic E-state index is 0.240. The molecule has 0 radical (unpaired) electrons. The van der Waals surface area contributed by atoms with E-state index in [0.29, 0.717) is 30.2 Å². The molecule has 0 aromatic heterocycles. The second-order valence-corrected chi connectivity index (χ2v) is 12.5. The first-order chi connectivity index (χ1) is 19.0. The average Bonchev–Trinajstić information content (AvgIpc) is 2.97. The lowest BCUT2D eigenvalue weighted by Gasteiger charge is -2.53. The number of Topliss-reactive ketones (excluding diaryl/α,β-unsaturated/α-hetero) is 1. The van der Waals surface area contributed by atoms with Crippen molar-refractivity contribution in [3.8, 4) is 5.75 Å². The highest BCUT2D eigenvalue weighted by atomic mass is 16.3. The van der Waals surface area contributed by atoms with Gasteiger partial charge in [-0.25, -0.2) is 0 Å². The third-order valence-electron chi connectivity index (χ3n) is 10.1. The first-order valence-electron chi connectivity index (χ1n) is 14.9. The number of hydrogen-bond donors (Lipinski definition) is 1. The third kappa shape index (κ3) is 5.62. The molecule has 214 valence electrons. The van der Waals surface area contributed by atoms with Gasteiger partial charge in [0.1, 0.15) is 11.5 Å². The number of rotatable bonds is 7. The van der Waals surface area contributed by atoms with Crippen molar-refractivity contribution < 1.29 is 9.90 Å². The van der Waals surface area contributed by atoms with Crippen LogP contribution >= 0.6 is 0 Å². The zero-order chi connectivity index (χ0) is 29.1. The zero-order valence-corrected chi connectivity index (χ0v) is 25.5. The van der Waals surface area contributed by atoms with Crippen LogP contribution in [0.1, 0.15) is 69.2 Å². The lowest BCUT2D eigenvalue weighted by atomic mass is 9.59. The predicted octanol–water partition coefficient (Wildman–Crippen LogP) is 6.84. The Bertz CT molecular complexity index is 1230. The van der Waals surface area contributed by atoms with Crippen LogP contribution in [0.25, 0.3) is 0 Å². The van der Waals surface area contributed by atoms with Gasteiger partial charge in [0.25, 0.3) is 0 Å². The van der Waals surface area contributed by atoms with E-state index >= 15 is 0 Å². The fraction of sp³-hybridized carbons (Fsp3) is 0.472. The normalized spacial score (nSPS) is 23.1. The maximum atomic E-state index is 13.2. The van der Waals surface area contributed by atoms with E-state index in [9.17, 15) is 9.90 Å². The van der Waals surface area contributed by atoms with E-state index in [0.717, 1.165) is 24.0 Å². The third-order valence-corrected chi connectivity index (χ3v) is 10.1. The van der Waals surface area contributed by atoms with Crippen LogP contribution in [0.4, 0.5) is 0 Å². The van der Waals surface area contributed by atoms with Gasteiger partial charge in [0.2, 0.25) is 0 Å². The first-order valence-corrected chi connectivity index (χ1v) is 14.9. The second kappa shape index (κ2) is 12.3. The Morgan fingerprint density at radius 2 is 1.62 bits per heavy atom. The molecule has 3 aromatic carbocycles. The summed E-state index contributed by atoms with van der Waals surface area (Å²) < 4.78 is 0. The highest BCUT2D eigenvalue weighted by Crippen LogP contribution is 2.48. The lowest BCUT2D eigenvalue weighted by Crippen LogP contribution is -2.56. The maximum absolute atomic E-state index is 13.2. The van der Waals surface area contributed by atoms with Crippen LogP contribution in [0.5, 0.6) is 5.75 Å². The van der Waals surface area contributed by atoms with Gasteiger partial charge in [-0.3, -0.25) is 4.79 Å². The molecule has 4 heteroatoms. The van der Waals surface area contributed by atoms with E-state index in [-0.39, 0.29) is 11.2 Å². The number of carbonyl (C=O) groups is 1. The summed E-state index contributed by atoms with van der Waals surface area (Å²) in [5.41, 5.74) is 4.65. The summed E-state index contributed by atoms with van der Waals surface area (Å²) in [5.74, 6) is 1.36. The number of piperidine rings is 1. The van der Waals surface area contributed by atoms with Crippen LogP contribution in [0, 0.1) is 5.92 Å². The number of phenolic OH excluding ortho intramolecular Hbond substituents is 1. The molecule has 4 atom stereocenters. The number of likely N-dealkylation sites (N-methyl/N-ethyl adjacent to an activating group) is 1. The van der Waals surface area contributed by atoms with Crippen LogP contribution in [0.2, 0.25) is 0 Å². The molecule has 1 heterocycles. The molecule has 4 nitrogen and oxygen atoms in total. The minimum atomic E-state index is -0.582. The van der Waals surface area contributed by atoms with E-state index < -0.39 is 5.41 Å². The Morgan fingerprint density at radius 3 is 2.15 bits per heavy atom. The fourth-order valence-electron chi connectivity index (χ4n) is 7.03. The van der Waals surface area contributed by atoms with Crippen LogP contribution in [0.3, 0.4) is 0 Å². The molecule has 1 aliphatic heterocycles.